The highest BCUT2D eigenvalue weighted by Gasteiger charge is 2.11. The molecule has 2 amide bonds. The molecule has 0 spiro atoms. The van der Waals surface area contributed by atoms with E-state index in [1.807, 2.05) is 36.4 Å². The van der Waals surface area contributed by atoms with Crippen molar-refractivity contribution < 1.29 is 19.1 Å². The van der Waals surface area contributed by atoms with Crippen LogP contribution in [0.3, 0.4) is 0 Å². The average molecular weight is 388 g/mol. The summed E-state index contributed by atoms with van der Waals surface area (Å²) in [4.78, 5) is 36.3. The van der Waals surface area contributed by atoms with Crippen LogP contribution in [0.1, 0.15) is 21.5 Å². The molecule has 0 fully saturated rings. The molecule has 3 aromatic rings. The van der Waals surface area contributed by atoms with E-state index in [4.69, 9.17) is 4.74 Å². The van der Waals surface area contributed by atoms with Crippen LogP contribution in [0.4, 0.5) is 10.5 Å². The van der Waals surface area contributed by atoms with Crippen molar-refractivity contribution in [1.29, 1.82) is 0 Å². The molecule has 6 nitrogen and oxygen atoms in total. The summed E-state index contributed by atoms with van der Waals surface area (Å²) in [5, 5.41) is 5.05. The van der Waals surface area contributed by atoms with Crippen LogP contribution >= 0.6 is 0 Å². The van der Waals surface area contributed by atoms with Crippen molar-refractivity contribution >= 4 is 23.5 Å². The van der Waals surface area contributed by atoms with Gasteiger partial charge in [0.1, 0.15) is 13.2 Å². The number of anilines is 1. The zero-order valence-corrected chi connectivity index (χ0v) is 15.6. The van der Waals surface area contributed by atoms with Crippen LogP contribution < -0.4 is 10.6 Å². The van der Waals surface area contributed by atoms with Gasteiger partial charge in [-0.2, -0.15) is 0 Å². The molecule has 0 atom stereocenters. The van der Waals surface area contributed by atoms with E-state index in [0.717, 1.165) is 5.56 Å². The molecule has 0 unspecified atom stereocenters. The van der Waals surface area contributed by atoms with Gasteiger partial charge in [-0.25, -0.2) is 4.79 Å². The first-order chi connectivity index (χ1) is 14.1. The highest BCUT2D eigenvalue weighted by atomic mass is 16.5. The monoisotopic (exact) mass is 388 g/mol. The Morgan fingerprint density at radius 2 is 1.41 bits per heavy atom. The Balaban J connectivity index is 1.49. The van der Waals surface area contributed by atoms with Gasteiger partial charge in [0.05, 0.1) is 0 Å². The lowest BCUT2D eigenvalue weighted by atomic mass is 10.0. The molecular weight excluding hydrogens is 368 g/mol. The highest BCUT2D eigenvalue weighted by molar-refractivity contribution is 6.09. The third-order valence-electron chi connectivity index (χ3n) is 4.05. The molecule has 29 heavy (non-hydrogen) atoms. The number of ether oxygens (including phenoxy) is 1. The average Bonchev–Trinajstić information content (AvgIpc) is 2.77. The maximum atomic E-state index is 12.5. The molecule has 3 aromatic carbocycles. The van der Waals surface area contributed by atoms with Crippen LogP contribution in [0.5, 0.6) is 0 Å². The summed E-state index contributed by atoms with van der Waals surface area (Å²) in [7, 11) is 0. The standard InChI is InChI=1S/C23H20N2O4/c26-21(15-24-23(28)29-16-17-8-3-1-4-9-17)25-20-13-7-12-19(14-20)22(27)18-10-5-2-6-11-18/h1-14H,15-16H2,(H,24,28)(H,25,26). The predicted molar refractivity (Wildman–Crippen MR) is 110 cm³/mol. The third-order valence-corrected chi connectivity index (χ3v) is 4.05. The Labute approximate surface area is 168 Å². The van der Waals surface area contributed by atoms with Gasteiger partial charge in [0.25, 0.3) is 0 Å². The number of alkyl carbamates (subject to hydrolysis) is 1. The predicted octanol–water partition coefficient (Wildman–Crippen LogP) is 3.78. The highest BCUT2D eigenvalue weighted by Crippen LogP contribution is 2.15. The SMILES string of the molecule is O=C(CNC(=O)OCc1ccccc1)Nc1cccc(C(=O)c2ccccc2)c1. The maximum absolute atomic E-state index is 12.5. The third kappa shape index (κ3) is 6.04. The quantitative estimate of drug-likeness (QED) is 0.603. The van der Waals surface area contributed by atoms with E-state index < -0.39 is 12.0 Å². The lowest BCUT2D eigenvalue weighted by molar-refractivity contribution is -0.115. The molecular formula is C23H20N2O4. The molecule has 0 bridgehead atoms. The Kier molecular flexibility index (Phi) is 6.73. The van der Waals surface area contributed by atoms with Crippen LogP contribution in [-0.2, 0) is 16.1 Å². The van der Waals surface area contributed by atoms with Crippen LogP contribution in [0.2, 0.25) is 0 Å². The fraction of sp³-hybridized carbons (Fsp3) is 0.0870. The van der Waals surface area contributed by atoms with Gasteiger partial charge in [-0.05, 0) is 17.7 Å². The minimum atomic E-state index is -0.683. The number of carbonyl (C=O) groups excluding carboxylic acids is 3. The number of amides is 2. The van der Waals surface area contributed by atoms with Gasteiger partial charge in [0.2, 0.25) is 5.91 Å². The van der Waals surface area contributed by atoms with E-state index in [9.17, 15) is 14.4 Å². The number of rotatable bonds is 7. The Hall–Kier alpha value is -3.93. The Morgan fingerprint density at radius 3 is 2.14 bits per heavy atom. The maximum Gasteiger partial charge on any atom is 0.407 e. The second kappa shape index (κ2) is 9.85. The minimum absolute atomic E-state index is 0.123. The number of benzene rings is 3. The number of ketones is 1. The largest absolute Gasteiger partial charge is 0.445 e. The Bertz CT molecular complexity index is 988. The first kappa shape index (κ1) is 19.8. The zero-order chi connectivity index (χ0) is 20.5. The summed E-state index contributed by atoms with van der Waals surface area (Å²) in [6.07, 6.45) is -0.683. The van der Waals surface area contributed by atoms with Crippen LogP contribution in [-0.4, -0.2) is 24.3 Å². The molecule has 2 N–H and O–H groups in total. The molecule has 0 radical (unpaired) electrons. The van der Waals surface area contributed by atoms with Gasteiger partial charge < -0.3 is 15.4 Å². The molecule has 0 heterocycles. The number of hydrogen-bond donors (Lipinski definition) is 2. The molecule has 6 heteroatoms. The van der Waals surface area contributed by atoms with Gasteiger partial charge in [0, 0.05) is 16.8 Å². The van der Waals surface area contributed by atoms with Gasteiger partial charge in [0.15, 0.2) is 5.78 Å². The molecule has 0 aliphatic heterocycles. The molecule has 0 saturated heterocycles. The molecule has 0 aliphatic carbocycles. The van der Waals surface area contributed by atoms with E-state index in [1.54, 1.807) is 48.5 Å². The fourth-order valence-electron chi connectivity index (χ4n) is 2.63. The lowest BCUT2D eigenvalue weighted by Gasteiger charge is -2.09. The van der Waals surface area contributed by atoms with Crippen molar-refractivity contribution in [2.75, 3.05) is 11.9 Å². The molecule has 3 rings (SSSR count). The molecule has 0 aliphatic rings. The second-order valence-corrected chi connectivity index (χ2v) is 6.24. The summed E-state index contributed by atoms with van der Waals surface area (Å²) in [5.41, 5.74) is 2.35. The summed E-state index contributed by atoms with van der Waals surface area (Å²) in [6.45, 7) is -0.123. The lowest BCUT2D eigenvalue weighted by Crippen LogP contribution is -2.33. The second-order valence-electron chi connectivity index (χ2n) is 6.24. The Morgan fingerprint density at radius 1 is 0.759 bits per heavy atom. The molecule has 146 valence electrons. The first-order valence-electron chi connectivity index (χ1n) is 9.06. The van der Waals surface area contributed by atoms with Crippen LogP contribution in [0.15, 0.2) is 84.9 Å². The van der Waals surface area contributed by atoms with Crippen molar-refractivity contribution in [1.82, 2.24) is 5.32 Å². The first-order valence-corrected chi connectivity index (χ1v) is 9.06. The smallest absolute Gasteiger partial charge is 0.407 e. The van der Waals surface area contributed by atoms with Crippen molar-refractivity contribution in [2.45, 2.75) is 6.61 Å². The van der Waals surface area contributed by atoms with Gasteiger partial charge >= 0.3 is 6.09 Å². The normalized spacial score (nSPS) is 10.1. The number of nitrogens with one attached hydrogen (secondary N) is 2. The number of carbonyl (C=O) groups is 3. The van der Waals surface area contributed by atoms with E-state index in [2.05, 4.69) is 10.6 Å². The van der Waals surface area contributed by atoms with Crippen molar-refractivity contribution in [3.8, 4) is 0 Å². The summed E-state index contributed by atoms with van der Waals surface area (Å²) < 4.78 is 5.05. The van der Waals surface area contributed by atoms with Crippen molar-refractivity contribution in [3.05, 3.63) is 102 Å². The fourth-order valence-corrected chi connectivity index (χ4v) is 2.63. The van der Waals surface area contributed by atoms with Crippen LogP contribution in [0.25, 0.3) is 0 Å². The van der Waals surface area contributed by atoms with Crippen molar-refractivity contribution in [3.63, 3.8) is 0 Å². The van der Waals surface area contributed by atoms with E-state index in [0.29, 0.717) is 16.8 Å². The topological polar surface area (TPSA) is 84.5 Å². The van der Waals surface area contributed by atoms with Gasteiger partial charge in [-0.3, -0.25) is 9.59 Å². The minimum Gasteiger partial charge on any atom is -0.445 e. The summed E-state index contributed by atoms with van der Waals surface area (Å²) >= 11 is 0. The van der Waals surface area contributed by atoms with Crippen molar-refractivity contribution in [2.24, 2.45) is 0 Å². The molecule has 0 saturated carbocycles. The van der Waals surface area contributed by atoms with E-state index in [1.165, 1.54) is 0 Å². The summed E-state index contributed by atoms with van der Waals surface area (Å²) in [6, 6.07) is 24.8. The van der Waals surface area contributed by atoms with Gasteiger partial charge in [-0.1, -0.05) is 72.8 Å². The number of hydrogen-bond acceptors (Lipinski definition) is 4. The van der Waals surface area contributed by atoms with Gasteiger partial charge in [-0.15, -0.1) is 0 Å². The van der Waals surface area contributed by atoms with Crippen LogP contribution in [0, 0.1) is 0 Å². The summed E-state index contributed by atoms with van der Waals surface area (Å²) in [5.74, 6) is -0.560. The molecule has 0 aromatic heterocycles. The van der Waals surface area contributed by atoms with E-state index in [-0.39, 0.29) is 18.9 Å². The zero-order valence-electron chi connectivity index (χ0n) is 15.6. The van der Waals surface area contributed by atoms with E-state index >= 15 is 0 Å².